The lowest BCUT2D eigenvalue weighted by molar-refractivity contribution is 0.136. The van der Waals surface area contributed by atoms with E-state index in [2.05, 4.69) is 31.0 Å². The van der Waals surface area contributed by atoms with Gasteiger partial charge in [0.2, 0.25) is 0 Å². The maximum atomic E-state index is 5.26. The van der Waals surface area contributed by atoms with Crippen LogP contribution in [0.1, 0.15) is 33.6 Å². The highest BCUT2D eigenvalue weighted by Gasteiger charge is 2.19. The van der Waals surface area contributed by atoms with Crippen LogP contribution in [-0.2, 0) is 4.74 Å². The standard InChI is InChI=1S/C13H28N2O/c1-11(2)13(10-16-4)14-12(3)9-15-7-5-6-8-15/h11-14H,5-10H2,1-4H3. The van der Waals surface area contributed by atoms with Crippen LogP contribution < -0.4 is 5.32 Å². The number of rotatable bonds is 7. The molecular weight excluding hydrogens is 200 g/mol. The van der Waals surface area contributed by atoms with Crippen molar-refractivity contribution in [2.24, 2.45) is 5.92 Å². The van der Waals surface area contributed by atoms with Crippen molar-refractivity contribution in [1.82, 2.24) is 10.2 Å². The molecule has 2 atom stereocenters. The largest absolute Gasteiger partial charge is 0.383 e. The van der Waals surface area contributed by atoms with Gasteiger partial charge in [0, 0.05) is 25.7 Å². The van der Waals surface area contributed by atoms with Crippen molar-refractivity contribution in [1.29, 1.82) is 0 Å². The average Bonchev–Trinajstić information content (AvgIpc) is 2.69. The molecule has 3 heteroatoms. The number of methoxy groups -OCH3 is 1. The van der Waals surface area contributed by atoms with Crippen LogP contribution in [0, 0.1) is 5.92 Å². The number of nitrogens with one attached hydrogen (secondary N) is 1. The van der Waals surface area contributed by atoms with Gasteiger partial charge in [-0.1, -0.05) is 13.8 Å². The molecule has 96 valence electrons. The monoisotopic (exact) mass is 228 g/mol. The molecule has 16 heavy (non-hydrogen) atoms. The van der Waals surface area contributed by atoms with Gasteiger partial charge < -0.3 is 15.0 Å². The lowest BCUT2D eigenvalue weighted by atomic mass is 10.0. The van der Waals surface area contributed by atoms with Crippen LogP contribution in [-0.4, -0.2) is 50.3 Å². The van der Waals surface area contributed by atoms with Gasteiger partial charge in [-0.25, -0.2) is 0 Å². The normalized spacial score (nSPS) is 21.6. The molecule has 0 saturated carbocycles. The molecule has 1 aliphatic rings. The van der Waals surface area contributed by atoms with Crippen LogP contribution in [0.25, 0.3) is 0 Å². The Kier molecular flexibility index (Phi) is 6.32. The van der Waals surface area contributed by atoms with Gasteiger partial charge in [-0.2, -0.15) is 0 Å². The van der Waals surface area contributed by atoms with Gasteiger partial charge in [0.25, 0.3) is 0 Å². The average molecular weight is 228 g/mol. The zero-order valence-electron chi connectivity index (χ0n) is 11.3. The minimum atomic E-state index is 0.475. The molecule has 0 aromatic rings. The SMILES string of the molecule is COCC(NC(C)CN1CCCC1)C(C)C. The highest BCUT2D eigenvalue weighted by molar-refractivity contribution is 4.78. The summed E-state index contributed by atoms with van der Waals surface area (Å²) < 4.78 is 5.26. The molecule has 2 unspecified atom stereocenters. The Morgan fingerprint density at radius 3 is 2.31 bits per heavy atom. The molecule has 0 aromatic heterocycles. The summed E-state index contributed by atoms with van der Waals surface area (Å²) in [5.74, 6) is 0.626. The first-order valence-electron chi connectivity index (χ1n) is 6.60. The zero-order valence-corrected chi connectivity index (χ0v) is 11.3. The molecule has 0 aromatic carbocycles. The fourth-order valence-corrected chi connectivity index (χ4v) is 2.38. The fourth-order valence-electron chi connectivity index (χ4n) is 2.38. The van der Waals surface area contributed by atoms with Gasteiger partial charge >= 0.3 is 0 Å². The fraction of sp³-hybridized carbons (Fsp3) is 1.00. The van der Waals surface area contributed by atoms with Gasteiger partial charge in [-0.15, -0.1) is 0 Å². The van der Waals surface area contributed by atoms with Crippen molar-refractivity contribution in [2.45, 2.75) is 45.7 Å². The molecule has 1 heterocycles. The van der Waals surface area contributed by atoms with Crippen molar-refractivity contribution in [3.05, 3.63) is 0 Å². The van der Waals surface area contributed by atoms with E-state index in [9.17, 15) is 0 Å². The van der Waals surface area contributed by atoms with Crippen LogP contribution in [0.5, 0.6) is 0 Å². The summed E-state index contributed by atoms with van der Waals surface area (Å²) in [4.78, 5) is 2.56. The first-order chi connectivity index (χ1) is 7.63. The van der Waals surface area contributed by atoms with Gasteiger partial charge in [-0.3, -0.25) is 0 Å². The van der Waals surface area contributed by atoms with Gasteiger partial charge in [0.1, 0.15) is 0 Å². The number of likely N-dealkylation sites (tertiary alicyclic amines) is 1. The van der Waals surface area contributed by atoms with E-state index in [0.717, 1.165) is 6.61 Å². The van der Waals surface area contributed by atoms with E-state index >= 15 is 0 Å². The summed E-state index contributed by atoms with van der Waals surface area (Å²) in [6, 6.07) is 1.03. The van der Waals surface area contributed by atoms with Gasteiger partial charge in [-0.05, 0) is 38.8 Å². The van der Waals surface area contributed by atoms with E-state index in [1.165, 1.54) is 32.5 Å². The first-order valence-corrected chi connectivity index (χ1v) is 6.60. The number of hydrogen-bond acceptors (Lipinski definition) is 3. The summed E-state index contributed by atoms with van der Waals surface area (Å²) in [6.45, 7) is 11.3. The number of hydrogen-bond donors (Lipinski definition) is 1. The van der Waals surface area contributed by atoms with Crippen molar-refractivity contribution >= 4 is 0 Å². The molecular formula is C13H28N2O. The van der Waals surface area contributed by atoms with Crippen molar-refractivity contribution in [3.8, 4) is 0 Å². The Morgan fingerprint density at radius 1 is 1.19 bits per heavy atom. The maximum absolute atomic E-state index is 5.26. The lowest BCUT2D eigenvalue weighted by Gasteiger charge is -2.28. The van der Waals surface area contributed by atoms with Crippen LogP contribution in [0.4, 0.5) is 0 Å². The summed E-state index contributed by atoms with van der Waals surface area (Å²) in [7, 11) is 1.78. The highest BCUT2D eigenvalue weighted by atomic mass is 16.5. The molecule has 1 rings (SSSR count). The molecule has 0 radical (unpaired) electrons. The minimum absolute atomic E-state index is 0.475. The summed E-state index contributed by atoms with van der Waals surface area (Å²) in [5, 5.41) is 3.68. The minimum Gasteiger partial charge on any atom is -0.383 e. The second-order valence-corrected chi connectivity index (χ2v) is 5.38. The van der Waals surface area contributed by atoms with Crippen LogP contribution >= 0.6 is 0 Å². The molecule has 0 amide bonds. The van der Waals surface area contributed by atoms with E-state index in [0.29, 0.717) is 18.0 Å². The third-order valence-corrected chi connectivity index (χ3v) is 3.38. The molecule has 0 spiro atoms. The van der Waals surface area contributed by atoms with E-state index < -0.39 is 0 Å². The van der Waals surface area contributed by atoms with E-state index in [4.69, 9.17) is 4.74 Å². The van der Waals surface area contributed by atoms with E-state index in [1.807, 2.05) is 0 Å². The van der Waals surface area contributed by atoms with Crippen molar-refractivity contribution in [2.75, 3.05) is 33.4 Å². The third-order valence-electron chi connectivity index (χ3n) is 3.38. The topological polar surface area (TPSA) is 24.5 Å². The molecule has 1 N–H and O–H groups in total. The number of ether oxygens (including phenoxy) is 1. The lowest BCUT2D eigenvalue weighted by Crippen LogP contribution is -2.47. The Bertz CT molecular complexity index is 179. The predicted octanol–water partition coefficient (Wildman–Crippen LogP) is 1.73. The molecule has 0 bridgehead atoms. The van der Waals surface area contributed by atoms with Gasteiger partial charge in [0.05, 0.1) is 6.61 Å². The number of nitrogens with zero attached hydrogens (tertiary/aromatic N) is 1. The molecule has 1 aliphatic heterocycles. The first kappa shape index (κ1) is 13.9. The molecule has 1 saturated heterocycles. The Balaban J connectivity index is 2.26. The third kappa shape index (κ3) is 4.81. The second-order valence-electron chi connectivity index (χ2n) is 5.38. The van der Waals surface area contributed by atoms with Gasteiger partial charge in [0.15, 0.2) is 0 Å². The van der Waals surface area contributed by atoms with Crippen LogP contribution in [0.3, 0.4) is 0 Å². The molecule has 3 nitrogen and oxygen atoms in total. The molecule has 1 fully saturated rings. The van der Waals surface area contributed by atoms with Crippen LogP contribution in [0.15, 0.2) is 0 Å². The Morgan fingerprint density at radius 2 is 1.81 bits per heavy atom. The Labute approximate surface area is 101 Å². The predicted molar refractivity (Wildman–Crippen MR) is 68.8 cm³/mol. The molecule has 0 aliphatic carbocycles. The second kappa shape index (κ2) is 7.25. The maximum Gasteiger partial charge on any atom is 0.0618 e. The quantitative estimate of drug-likeness (QED) is 0.718. The van der Waals surface area contributed by atoms with Crippen LogP contribution in [0.2, 0.25) is 0 Å². The summed E-state index contributed by atoms with van der Waals surface area (Å²) in [5.41, 5.74) is 0. The van der Waals surface area contributed by atoms with Crippen molar-refractivity contribution in [3.63, 3.8) is 0 Å². The van der Waals surface area contributed by atoms with Crippen molar-refractivity contribution < 1.29 is 4.74 Å². The highest BCUT2D eigenvalue weighted by Crippen LogP contribution is 2.09. The Hall–Kier alpha value is -0.120. The van der Waals surface area contributed by atoms with E-state index in [1.54, 1.807) is 7.11 Å². The summed E-state index contributed by atoms with van der Waals surface area (Å²) >= 11 is 0. The zero-order chi connectivity index (χ0) is 12.0. The summed E-state index contributed by atoms with van der Waals surface area (Å²) in [6.07, 6.45) is 2.75. The van der Waals surface area contributed by atoms with E-state index in [-0.39, 0.29) is 0 Å². The smallest absolute Gasteiger partial charge is 0.0618 e.